The molecule has 1 atom stereocenters. The Morgan fingerprint density at radius 3 is 2.77 bits per heavy atom. The molecule has 2 amide bonds. The first-order chi connectivity index (χ1) is 12.3. The van der Waals surface area contributed by atoms with Crippen molar-refractivity contribution in [2.45, 2.75) is 32.4 Å². The van der Waals surface area contributed by atoms with Gasteiger partial charge in [0, 0.05) is 18.3 Å². The van der Waals surface area contributed by atoms with E-state index in [1.165, 1.54) is 30.4 Å². The van der Waals surface area contributed by atoms with Gasteiger partial charge in [0.05, 0.1) is 16.8 Å². The fraction of sp³-hybridized carbons (Fsp3) is 0.471. The summed E-state index contributed by atoms with van der Waals surface area (Å²) in [5.41, 5.74) is 1.49. The molecule has 8 nitrogen and oxygen atoms in total. The summed E-state index contributed by atoms with van der Waals surface area (Å²) in [5, 5.41) is 6.62. The molecule has 1 aliphatic rings. The van der Waals surface area contributed by atoms with Gasteiger partial charge < -0.3 is 19.5 Å². The van der Waals surface area contributed by atoms with Crippen LogP contribution in [0.1, 0.15) is 20.8 Å². The van der Waals surface area contributed by atoms with Gasteiger partial charge in [-0.1, -0.05) is 16.5 Å². The van der Waals surface area contributed by atoms with Crippen molar-refractivity contribution < 1.29 is 19.2 Å². The van der Waals surface area contributed by atoms with Crippen molar-refractivity contribution in [3.63, 3.8) is 0 Å². The number of ether oxygens (including phenoxy) is 1. The second-order valence-electron chi connectivity index (χ2n) is 6.91. The Bertz CT molecular complexity index is 925. The zero-order chi connectivity index (χ0) is 19.1. The SMILES string of the molecule is CNC(=O)[C@H]1CN(c2ccc3c(c2)s/c(=N/OC)n3C(C)(C)C)C(=O)O1. The topological polar surface area (TPSA) is 85.2 Å². The number of rotatable bonds is 3. The number of fused-ring (bicyclic) bond motifs is 1. The van der Waals surface area contributed by atoms with Gasteiger partial charge in [-0.15, -0.1) is 0 Å². The lowest BCUT2D eigenvalue weighted by atomic mass is 10.1. The van der Waals surface area contributed by atoms with Crippen LogP contribution >= 0.6 is 11.3 Å². The Morgan fingerprint density at radius 2 is 2.15 bits per heavy atom. The highest BCUT2D eigenvalue weighted by Gasteiger charge is 2.36. The Kier molecular flexibility index (Phi) is 4.66. The van der Waals surface area contributed by atoms with E-state index in [2.05, 4.69) is 35.8 Å². The summed E-state index contributed by atoms with van der Waals surface area (Å²) < 4.78 is 8.21. The number of hydrogen-bond donors (Lipinski definition) is 1. The molecule has 1 aromatic carbocycles. The molecule has 0 unspecified atom stereocenters. The van der Waals surface area contributed by atoms with Crippen molar-refractivity contribution in [1.29, 1.82) is 0 Å². The molecule has 1 saturated heterocycles. The fourth-order valence-electron chi connectivity index (χ4n) is 2.94. The number of benzene rings is 1. The van der Waals surface area contributed by atoms with E-state index in [0.717, 1.165) is 15.0 Å². The number of nitrogens with one attached hydrogen (secondary N) is 1. The van der Waals surface area contributed by atoms with Crippen molar-refractivity contribution in [2.24, 2.45) is 5.16 Å². The van der Waals surface area contributed by atoms with Gasteiger partial charge in [0.1, 0.15) is 7.11 Å². The summed E-state index contributed by atoms with van der Waals surface area (Å²) in [6, 6.07) is 5.70. The van der Waals surface area contributed by atoms with E-state index < -0.39 is 12.2 Å². The third-order valence-corrected chi connectivity index (χ3v) is 5.07. The number of aromatic nitrogens is 1. The lowest BCUT2D eigenvalue weighted by molar-refractivity contribution is -0.127. The van der Waals surface area contributed by atoms with Crippen LogP contribution in [0.25, 0.3) is 10.2 Å². The molecule has 1 N–H and O–H groups in total. The normalized spacial score (nSPS) is 18.3. The molecule has 1 aliphatic heterocycles. The lowest BCUT2D eigenvalue weighted by Gasteiger charge is -2.22. The Labute approximate surface area is 155 Å². The number of carbonyl (C=O) groups is 2. The van der Waals surface area contributed by atoms with Crippen LogP contribution in [0.15, 0.2) is 23.4 Å². The van der Waals surface area contributed by atoms with Gasteiger partial charge in [-0.2, -0.15) is 0 Å². The zero-order valence-electron chi connectivity index (χ0n) is 15.4. The van der Waals surface area contributed by atoms with E-state index in [9.17, 15) is 9.59 Å². The Hall–Kier alpha value is -2.55. The average molecular weight is 378 g/mol. The van der Waals surface area contributed by atoms with Crippen molar-refractivity contribution >= 4 is 39.2 Å². The Balaban J connectivity index is 2.05. The molecular formula is C17H22N4O4S. The molecule has 2 heterocycles. The van der Waals surface area contributed by atoms with Crippen LogP contribution in [-0.4, -0.2) is 43.4 Å². The number of carbonyl (C=O) groups excluding carboxylic acids is 2. The van der Waals surface area contributed by atoms with E-state index in [0.29, 0.717) is 5.69 Å². The van der Waals surface area contributed by atoms with E-state index >= 15 is 0 Å². The van der Waals surface area contributed by atoms with Gasteiger partial charge in [0.25, 0.3) is 5.91 Å². The largest absolute Gasteiger partial charge is 0.434 e. The summed E-state index contributed by atoms with van der Waals surface area (Å²) in [6.45, 7) is 6.46. The molecule has 0 spiro atoms. The minimum Gasteiger partial charge on any atom is -0.434 e. The predicted octanol–water partition coefficient (Wildman–Crippen LogP) is 1.99. The van der Waals surface area contributed by atoms with Crippen molar-refractivity contribution in [1.82, 2.24) is 9.88 Å². The highest BCUT2D eigenvalue weighted by molar-refractivity contribution is 7.16. The van der Waals surface area contributed by atoms with Crippen molar-refractivity contribution in [3.8, 4) is 0 Å². The van der Waals surface area contributed by atoms with Gasteiger partial charge >= 0.3 is 6.09 Å². The summed E-state index contributed by atoms with van der Waals surface area (Å²) in [4.78, 5) is 31.1. The smallest absolute Gasteiger partial charge is 0.415 e. The third kappa shape index (κ3) is 3.14. The second kappa shape index (κ2) is 6.64. The van der Waals surface area contributed by atoms with Crippen LogP contribution < -0.4 is 15.0 Å². The van der Waals surface area contributed by atoms with Gasteiger partial charge in [-0.05, 0) is 39.0 Å². The molecule has 3 rings (SSSR count). The quantitative estimate of drug-likeness (QED) is 0.828. The molecule has 9 heteroatoms. The minimum atomic E-state index is -0.801. The third-order valence-electron chi connectivity index (χ3n) is 4.08. The number of cyclic esters (lactones) is 1. The maximum Gasteiger partial charge on any atom is 0.415 e. The Morgan fingerprint density at radius 1 is 1.42 bits per heavy atom. The maximum atomic E-state index is 12.2. The van der Waals surface area contributed by atoms with Crippen LogP contribution in [0.5, 0.6) is 0 Å². The van der Waals surface area contributed by atoms with Gasteiger partial charge in [-0.25, -0.2) is 4.79 Å². The van der Waals surface area contributed by atoms with Gasteiger partial charge in [0.2, 0.25) is 4.80 Å². The number of amides is 2. The molecule has 2 aromatic rings. The second-order valence-corrected chi connectivity index (χ2v) is 7.92. The van der Waals surface area contributed by atoms with Crippen molar-refractivity contribution in [3.05, 3.63) is 23.0 Å². The fourth-order valence-corrected chi connectivity index (χ4v) is 4.16. The summed E-state index contributed by atoms with van der Waals surface area (Å²) in [7, 11) is 3.03. The monoisotopic (exact) mass is 378 g/mol. The summed E-state index contributed by atoms with van der Waals surface area (Å²) >= 11 is 1.47. The molecule has 1 aromatic heterocycles. The molecule has 0 radical (unpaired) electrons. The molecule has 0 saturated carbocycles. The van der Waals surface area contributed by atoms with Crippen LogP contribution in [0.4, 0.5) is 10.5 Å². The molecule has 0 aliphatic carbocycles. The summed E-state index contributed by atoms with van der Waals surface area (Å²) in [5.74, 6) is -0.315. The highest BCUT2D eigenvalue weighted by atomic mass is 32.1. The van der Waals surface area contributed by atoms with Gasteiger partial charge in [-0.3, -0.25) is 9.69 Å². The van der Waals surface area contributed by atoms with E-state index in [1.807, 2.05) is 18.2 Å². The molecule has 0 bridgehead atoms. The molecular weight excluding hydrogens is 356 g/mol. The summed E-state index contributed by atoms with van der Waals surface area (Å²) in [6.07, 6.45) is -1.33. The van der Waals surface area contributed by atoms with Crippen LogP contribution in [-0.2, 0) is 19.9 Å². The number of thiazole rings is 1. The van der Waals surface area contributed by atoms with Crippen LogP contribution in [0.3, 0.4) is 0 Å². The van der Waals surface area contributed by atoms with Crippen LogP contribution in [0.2, 0.25) is 0 Å². The maximum absolute atomic E-state index is 12.2. The van der Waals surface area contributed by atoms with E-state index in [4.69, 9.17) is 9.57 Å². The van der Waals surface area contributed by atoms with E-state index in [1.54, 1.807) is 0 Å². The van der Waals surface area contributed by atoms with Crippen LogP contribution in [0, 0.1) is 0 Å². The number of anilines is 1. The first-order valence-electron chi connectivity index (χ1n) is 8.19. The molecule has 1 fully saturated rings. The molecule has 140 valence electrons. The zero-order valence-corrected chi connectivity index (χ0v) is 16.2. The minimum absolute atomic E-state index is 0.184. The first-order valence-corrected chi connectivity index (χ1v) is 9.01. The van der Waals surface area contributed by atoms with Gasteiger partial charge in [0.15, 0.2) is 6.10 Å². The number of nitrogens with zero attached hydrogens (tertiary/aromatic N) is 3. The average Bonchev–Trinajstić information content (AvgIpc) is 3.13. The number of likely N-dealkylation sites (N-methyl/N-ethyl adjacent to an activating group) is 1. The first kappa shape index (κ1) is 18.2. The lowest BCUT2D eigenvalue weighted by Crippen LogP contribution is -2.35. The number of hydrogen-bond acceptors (Lipinski definition) is 6. The highest BCUT2D eigenvalue weighted by Crippen LogP contribution is 2.30. The predicted molar refractivity (Wildman–Crippen MR) is 99.1 cm³/mol. The van der Waals surface area contributed by atoms with E-state index in [-0.39, 0.29) is 18.0 Å². The van der Waals surface area contributed by atoms with Crippen molar-refractivity contribution in [2.75, 3.05) is 25.6 Å². The standard InChI is InChI=1S/C17H22N4O4S/c1-17(2,3)21-11-7-6-10(8-13(11)26-15(21)19-24-5)20-9-12(14(22)18-4)25-16(20)23/h6-8,12H,9H2,1-5H3,(H,18,22)/b19-15+/t12-/m1/s1. The molecule has 26 heavy (non-hydrogen) atoms.